The van der Waals surface area contributed by atoms with Gasteiger partial charge in [-0.1, -0.05) is 0 Å². The molecule has 2 aromatic rings. The first kappa shape index (κ1) is 9.35. The van der Waals surface area contributed by atoms with Crippen molar-refractivity contribution in [1.29, 1.82) is 0 Å². The van der Waals surface area contributed by atoms with E-state index < -0.39 is 0 Å². The van der Waals surface area contributed by atoms with Gasteiger partial charge in [-0.3, -0.25) is 9.78 Å². The number of nitrogens with two attached hydrogens (primary N) is 1. The van der Waals surface area contributed by atoms with E-state index in [1.807, 2.05) is 7.05 Å². The van der Waals surface area contributed by atoms with Crippen LogP contribution in [0.4, 0.5) is 0 Å². The molecule has 0 amide bonds. The third-order valence-electron chi connectivity index (χ3n) is 1.96. The maximum Gasteiger partial charge on any atom is 0.147 e. The van der Waals surface area contributed by atoms with Crippen molar-refractivity contribution in [2.45, 2.75) is 6.04 Å². The van der Waals surface area contributed by atoms with Crippen molar-refractivity contribution in [3.8, 4) is 0 Å². The van der Waals surface area contributed by atoms with Gasteiger partial charge in [0.05, 0.1) is 16.4 Å². The predicted octanol–water partition coefficient (Wildman–Crippen LogP) is 0.349. The highest BCUT2D eigenvalue weighted by atomic mass is 79.9. The van der Waals surface area contributed by atoms with E-state index in [9.17, 15) is 0 Å². The third kappa shape index (κ3) is 1.44. The van der Waals surface area contributed by atoms with E-state index in [-0.39, 0.29) is 6.04 Å². The fourth-order valence-electron chi connectivity index (χ4n) is 1.26. The van der Waals surface area contributed by atoms with Crippen LogP contribution in [0.2, 0.25) is 0 Å². The summed E-state index contributed by atoms with van der Waals surface area (Å²) in [5.74, 6) is 0.620. The predicted molar refractivity (Wildman–Crippen MR) is 53.3 cm³/mol. The quantitative estimate of drug-likeness (QED) is 0.812. The van der Waals surface area contributed by atoms with Crippen LogP contribution in [0.25, 0.3) is 0 Å². The number of hydrogen-bond acceptors (Lipinski definition) is 4. The van der Waals surface area contributed by atoms with Crippen molar-refractivity contribution in [2.24, 2.45) is 12.8 Å². The van der Waals surface area contributed by atoms with Gasteiger partial charge in [-0.2, -0.15) is 10.2 Å². The molecule has 1 atom stereocenters. The number of hydrogen-bond donors (Lipinski definition) is 2. The first-order chi connectivity index (χ1) is 6.70. The van der Waals surface area contributed by atoms with Crippen LogP contribution in [-0.4, -0.2) is 25.0 Å². The molecule has 14 heavy (non-hydrogen) atoms. The van der Waals surface area contributed by atoms with E-state index in [1.165, 1.54) is 6.33 Å². The molecular weight excluding hydrogens is 248 g/mol. The van der Waals surface area contributed by atoms with E-state index in [0.29, 0.717) is 5.82 Å². The Morgan fingerprint density at radius 2 is 2.43 bits per heavy atom. The Bertz CT molecular complexity index is 400. The third-order valence-corrected chi connectivity index (χ3v) is 2.57. The number of rotatable bonds is 2. The highest BCUT2D eigenvalue weighted by Crippen LogP contribution is 2.23. The molecule has 1 unspecified atom stereocenters. The molecule has 2 heterocycles. The summed E-state index contributed by atoms with van der Waals surface area (Å²) >= 11 is 3.38. The van der Waals surface area contributed by atoms with Crippen molar-refractivity contribution in [2.75, 3.05) is 0 Å². The van der Waals surface area contributed by atoms with Gasteiger partial charge in [0.1, 0.15) is 18.2 Å². The van der Waals surface area contributed by atoms with Crippen LogP contribution in [0.1, 0.15) is 17.6 Å². The number of nitrogens with zero attached hydrogens (tertiary/aromatic N) is 4. The smallest absolute Gasteiger partial charge is 0.147 e. The lowest BCUT2D eigenvalue weighted by Crippen LogP contribution is -2.17. The van der Waals surface area contributed by atoms with Gasteiger partial charge in [0, 0.05) is 7.05 Å². The lowest BCUT2D eigenvalue weighted by atomic mass is 10.2. The molecule has 0 aliphatic rings. The monoisotopic (exact) mass is 256 g/mol. The first-order valence-corrected chi connectivity index (χ1v) is 4.77. The van der Waals surface area contributed by atoms with Gasteiger partial charge in [0.15, 0.2) is 0 Å². The molecule has 74 valence electrons. The van der Waals surface area contributed by atoms with Gasteiger partial charge in [-0.05, 0) is 15.9 Å². The van der Waals surface area contributed by atoms with Gasteiger partial charge >= 0.3 is 0 Å². The van der Waals surface area contributed by atoms with E-state index in [1.54, 1.807) is 10.9 Å². The molecule has 0 bridgehead atoms. The number of nitrogens with one attached hydrogen (secondary N) is 1. The Hall–Kier alpha value is -1.21. The second-order valence-electron chi connectivity index (χ2n) is 2.85. The van der Waals surface area contributed by atoms with Gasteiger partial charge < -0.3 is 5.73 Å². The number of halogens is 1. The molecule has 0 radical (unpaired) electrons. The van der Waals surface area contributed by atoms with Crippen LogP contribution in [0, 0.1) is 0 Å². The van der Waals surface area contributed by atoms with Crippen molar-refractivity contribution in [3.63, 3.8) is 0 Å². The minimum absolute atomic E-state index is 0.348. The number of aryl methyl sites for hydroxylation is 1. The minimum atomic E-state index is -0.348. The molecule has 0 aliphatic carbocycles. The molecular formula is C7H9BrN6. The normalized spacial score (nSPS) is 13.1. The fraction of sp³-hybridized carbons (Fsp3) is 0.286. The fourth-order valence-corrected chi connectivity index (χ4v) is 1.86. The molecule has 0 aromatic carbocycles. The molecule has 6 nitrogen and oxygen atoms in total. The van der Waals surface area contributed by atoms with Crippen LogP contribution in [0.5, 0.6) is 0 Å². The summed E-state index contributed by atoms with van der Waals surface area (Å²) in [5, 5.41) is 10.6. The van der Waals surface area contributed by atoms with E-state index >= 15 is 0 Å². The van der Waals surface area contributed by atoms with Crippen molar-refractivity contribution in [1.82, 2.24) is 25.0 Å². The molecule has 0 saturated heterocycles. The van der Waals surface area contributed by atoms with Crippen molar-refractivity contribution < 1.29 is 0 Å². The molecule has 0 aliphatic heterocycles. The molecule has 0 saturated carbocycles. The van der Waals surface area contributed by atoms with Crippen LogP contribution in [0.3, 0.4) is 0 Å². The highest BCUT2D eigenvalue weighted by molar-refractivity contribution is 9.10. The summed E-state index contributed by atoms with van der Waals surface area (Å²) in [6, 6.07) is -0.348. The second-order valence-corrected chi connectivity index (χ2v) is 3.70. The molecule has 2 rings (SSSR count). The summed E-state index contributed by atoms with van der Waals surface area (Å²) in [6.45, 7) is 0. The summed E-state index contributed by atoms with van der Waals surface area (Å²) < 4.78 is 2.57. The maximum absolute atomic E-state index is 5.98. The van der Waals surface area contributed by atoms with Crippen LogP contribution >= 0.6 is 15.9 Å². The Morgan fingerprint density at radius 1 is 1.64 bits per heavy atom. The molecule has 2 aromatic heterocycles. The van der Waals surface area contributed by atoms with E-state index in [0.717, 1.165) is 10.2 Å². The zero-order chi connectivity index (χ0) is 10.1. The lowest BCUT2D eigenvalue weighted by Gasteiger charge is -2.09. The van der Waals surface area contributed by atoms with Gasteiger partial charge in [0.25, 0.3) is 0 Å². The number of H-pyrrole nitrogens is 1. The van der Waals surface area contributed by atoms with Gasteiger partial charge in [-0.15, -0.1) is 0 Å². The van der Waals surface area contributed by atoms with Crippen LogP contribution in [0.15, 0.2) is 17.0 Å². The Labute approximate surface area is 88.6 Å². The van der Waals surface area contributed by atoms with Crippen LogP contribution in [-0.2, 0) is 7.05 Å². The second kappa shape index (κ2) is 3.50. The Kier molecular flexibility index (Phi) is 2.34. The molecule has 0 fully saturated rings. The van der Waals surface area contributed by atoms with Crippen LogP contribution < -0.4 is 5.73 Å². The summed E-state index contributed by atoms with van der Waals surface area (Å²) in [5.41, 5.74) is 6.84. The molecule has 7 heteroatoms. The van der Waals surface area contributed by atoms with E-state index in [4.69, 9.17) is 5.73 Å². The summed E-state index contributed by atoms with van der Waals surface area (Å²) in [7, 11) is 1.83. The summed E-state index contributed by atoms with van der Waals surface area (Å²) in [4.78, 5) is 4.00. The highest BCUT2D eigenvalue weighted by Gasteiger charge is 2.18. The Balaban J connectivity index is 2.41. The lowest BCUT2D eigenvalue weighted by molar-refractivity contribution is 0.651. The maximum atomic E-state index is 5.98. The van der Waals surface area contributed by atoms with Crippen molar-refractivity contribution >= 4 is 15.9 Å². The first-order valence-electron chi connectivity index (χ1n) is 3.98. The van der Waals surface area contributed by atoms with Crippen molar-refractivity contribution in [3.05, 3.63) is 28.5 Å². The van der Waals surface area contributed by atoms with Gasteiger partial charge in [0.2, 0.25) is 0 Å². The molecule has 3 N–H and O–H groups in total. The SMILES string of the molecule is Cn1ncc(Br)c1C(N)c1ncn[nH]1. The standard InChI is InChI=1S/C7H9BrN6/c1-14-6(4(8)2-12-14)5(9)7-10-3-11-13-7/h2-3,5H,9H2,1H3,(H,10,11,13). The molecule has 0 spiro atoms. The zero-order valence-electron chi connectivity index (χ0n) is 7.48. The average molecular weight is 257 g/mol. The van der Waals surface area contributed by atoms with Gasteiger partial charge in [-0.25, -0.2) is 4.98 Å². The number of aromatic nitrogens is 5. The largest absolute Gasteiger partial charge is 0.316 e. The Morgan fingerprint density at radius 3 is 2.93 bits per heavy atom. The topological polar surface area (TPSA) is 85.4 Å². The minimum Gasteiger partial charge on any atom is -0.316 e. The number of aromatic amines is 1. The zero-order valence-corrected chi connectivity index (χ0v) is 9.06. The van der Waals surface area contributed by atoms with E-state index in [2.05, 4.69) is 36.2 Å². The summed E-state index contributed by atoms with van der Waals surface area (Å²) in [6.07, 6.45) is 3.13. The average Bonchev–Trinajstić information content (AvgIpc) is 2.75.